The maximum atomic E-state index is 12.7. The predicted octanol–water partition coefficient (Wildman–Crippen LogP) is 6.29. The average molecular weight is 349 g/mol. The number of halogens is 1. The van der Waals surface area contributed by atoms with Crippen LogP contribution in [0.3, 0.4) is 0 Å². The van der Waals surface area contributed by atoms with Crippen LogP contribution in [0.25, 0.3) is 11.1 Å². The van der Waals surface area contributed by atoms with E-state index in [0.29, 0.717) is 6.54 Å². The monoisotopic (exact) mass is 349 g/mol. The molecule has 0 aliphatic rings. The van der Waals surface area contributed by atoms with Gasteiger partial charge in [-0.05, 0) is 54.2 Å². The highest BCUT2D eigenvalue weighted by atomic mass is 19.1. The first-order valence-electron chi connectivity index (χ1n) is 9.23. The molecular formula is C24H28FN. The third kappa shape index (κ3) is 6.45. The first-order chi connectivity index (χ1) is 12.6. The van der Waals surface area contributed by atoms with E-state index >= 15 is 0 Å². The Morgan fingerprint density at radius 2 is 1.23 bits per heavy atom. The molecule has 0 unspecified atom stereocenters. The van der Waals surface area contributed by atoms with Gasteiger partial charge in [0.25, 0.3) is 0 Å². The smallest absolute Gasteiger partial charge is 0.123 e. The largest absolute Gasteiger partial charge is 0.326 e. The van der Waals surface area contributed by atoms with Crippen LogP contribution in [0.5, 0.6) is 0 Å². The zero-order valence-electron chi connectivity index (χ0n) is 15.7. The van der Waals surface area contributed by atoms with Crippen LogP contribution in [0.4, 0.5) is 4.39 Å². The van der Waals surface area contributed by atoms with Crippen LogP contribution in [0.15, 0.2) is 72.8 Å². The molecule has 26 heavy (non-hydrogen) atoms. The molecule has 0 saturated carbocycles. The van der Waals surface area contributed by atoms with Crippen LogP contribution in [0, 0.1) is 12.7 Å². The van der Waals surface area contributed by atoms with E-state index in [-0.39, 0.29) is 5.82 Å². The molecule has 0 aliphatic heterocycles. The Kier molecular flexibility index (Phi) is 8.04. The van der Waals surface area contributed by atoms with Crippen molar-refractivity contribution in [2.24, 2.45) is 5.73 Å². The molecule has 0 atom stereocenters. The molecule has 0 fully saturated rings. The summed E-state index contributed by atoms with van der Waals surface area (Å²) in [5.41, 5.74) is 11.5. The lowest BCUT2D eigenvalue weighted by Crippen LogP contribution is -1.95. The molecule has 3 aromatic carbocycles. The fraction of sp³-hybridized carbons (Fsp3) is 0.250. The van der Waals surface area contributed by atoms with Crippen LogP contribution >= 0.6 is 0 Å². The number of hydrogen-bond donors (Lipinski definition) is 1. The number of unbranched alkanes of at least 4 members (excludes halogenated alkanes) is 1. The lowest BCUT2D eigenvalue weighted by molar-refractivity contribution is 0.628. The number of rotatable bonds is 5. The molecule has 1 nitrogen and oxygen atoms in total. The van der Waals surface area contributed by atoms with Gasteiger partial charge >= 0.3 is 0 Å². The van der Waals surface area contributed by atoms with Crippen molar-refractivity contribution in [2.45, 2.75) is 39.7 Å². The Morgan fingerprint density at radius 3 is 1.73 bits per heavy atom. The number of hydrogen-bond acceptors (Lipinski definition) is 1. The minimum Gasteiger partial charge on any atom is -0.326 e. The van der Waals surface area contributed by atoms with E-state index in [0.717, 1.165) is 11.1 Å². The summed E-state index contributed by atoms with van der Waals surface area (Å²) >= 11 is 0. The van der Waals surface area contributed by atoms with E-state index < -0.39 is 0 Å². The highest BCUT2D eigenvalue weighted by molar-refractivity contribution is 5.63. The molecule has 0 bridgehead atoms. The van der Waals surface area contributed by atoms with Crippen LogP contribution in [0.1, 0.15) is 36.5 Å². The fourth-order valence-electron chi connectivity index (χ4n) is 2.61. The first kappa shape index (κ1) is 19.9. The van der Waals surface area contributed by atoms with Crippen molar-refractivity contribution >= 4 is 0 Å². The molecule has 0 amide bonds. The lowest BCUT2D eigenvalue weighted by Gasteiger charge is -2.01. The Balaban J connectivity index is 0.000000190. The minimum atomic E-state index is -0.194. The van der Waals surface area contributed by atoms with E-state index in [4.69, 9.17) is 5.73 Å². The van der Waals surface area contributed by atoms with Crippen molar-refractivity contribution in [1.82, 2.24) is 0 Å². The van der Waals surface area contributed by atoms with Crippen molar-refractivity contribution in [1.29, 1.82) is 0 Å². The summed E-state index contributed by atoms with van der Waals surface area (Å²) in [5, 5.41) is 0. The Labute approximate surface area is 156 Å². The Bertz CT molecular complexity index is 715. The quantitative estimate of drug-likeness (QED) is 0.575. The maximum absolute atomic E-state index is 12.7. The number of nitrogens with two attached hydrogens (primary N) is 1. The molecule has 3 rings (SSSR count). The van der Waals surface area contributed by atoms with Crippen molar-refractivity contribution in [2.75, 3.05) is 0 Å². The number of aryl methyl sites for hydroxylation is 2. The van der Waals surface area contributed by atoms with Crippen molar-refractivity contribution in [3.63, 3.8) is 0 Å². The topological polar surface area (TPSA) is 26.0 Å². The van der Waals surface area contributed by atoms with E-state index in [9.17, 15) is 4.39 Å². The van der Waals surface area contributed by atoms with Gasteiger partial charge in [0, 0.05) is 6.54 Å². The second kappa shape index (κ2) is 10.5. The molecule has 0 heterocycles. The van der Waals surface area contributed by atoms with Gasteiger partial charge in [0.2, 0.25) is 0 Å². The highest BCUT2D eigenvalue weighted by Crippen LogP contribution is 2.19. The molecule has 136 valence electrons. The Hall–Kier alpha value is -2.45. The summed E-state index contributed by atoms with van der Waals surface area (Å²) in [6.07, 6.45) is 3.74. The lowest BCUT2D eigenvalue weighted by atomic mass is 10.0. The molecule has 3 aromatic rings. The summed E-state index contributed by atoms with van der Waals surface area (Å²) in [7, 11) is 0. The van der Waals surface area contributed by atoms with Gasteiger partial charge in [0.15, 0.2) is 0 Å². The molecule has 0 aliphatic carbocycles. The zero-order valence-corrected chi connectivity index (χ0v) is 15.7. The zero-order chi connectivity index (χ0) is 18.8. The average Bonchev–Trinajstić information content (AvgIpc) is 2.68. The third-order valence-corrected chi connectivity index (χ3v) is 4.31. The molecule has 0 spiro atoms. The van der Waals surface area contributed by atoms with E-state index in [1.165, 1.54) is 48.1 Å². The second-order valence-electron chi connectivity index (χ2n) is 6.50. The van der Waals surface area contributed by atoms with Crippen LogP contribution in [0.2, 0.25) is 0 Å². The standard InChI is InChI=1S/C13H11F.C11H17N/c1-10-2-4-11(5-3-10)12-6-8-13(14)9-7-12;1-2-3-4-10-5-7-11(9-12)8-6-10/h2-9H,1H3;5-8H,2-4,9,12H2,1H3. The van der Waals surface area contributed by atoms with Crippen molar-refractivity contribution in [3.8, 4) is 11.1 Å². The van der Waals surface area contributed by atoms with Gasteiger partial charge in [-0.1, -0.05) is 79.6 Å². The van der Waals surface area contributed by atoms with Gasteiger partial charge in [-0.2, -0.15) is 0 Å². The molecule has 0 saturated heterocycles. The number of benzene rings is 3. The summed E-state index contributed by atoms with van der Waals surface area (Å²) < 4.78 is 12.7. The molecular weight excluding hydrogens is 321 g/mol. The second-order valence-corrected chi connectivity index (χ2v) is 6.50. The van der Waals surface area contributed by atoms with Gasteiger partial charge in [-0.3, -0.25) is 0 Å². The normalized spacial score (nSPS) is 10.2. The molecule has 2 heteroatoms. The Morgan fingerprint density at radius 1 is 0.731 bits per heavy atom. The molecule has 2 N–H and O–H groups in total. The van der Waals surface area contributed by atoms with Crippen LogP contribution in [-0.2, 0) is 13.0 Å². The summed E-state index contributed by atoms with van der Waals surface area (Å²) in [6, 6.07) is 23.3. The van der Waals surface area contributed by atoms with E-state index in [1.54, 1.807) is 12.1 Å². The van der Waals surface area contributed by atoms with Crippen LogP contribution < -0.4 is 5.73 Å². The molecule has 0 radical (unpaired) electrons. The van der Waals surface area contributed by atoms with Gasteiger partial charge in [0.1, 0.15) is 5.82 Å². The van der Waals surface area contributed by atoms with E-state index in [1.807, 2.05) is 12.1 Å². The predicted molar refractivity (Wildman–Crippen MR) is 110 cm³/mol. The SMILES string of the molecule is CCCCc1ccc(CN)cc1.Cc1ccc(-c2ccc(F)cc2)cc1. The maximum Gasteiger partial charge on any atom is 0.123 e. The van der Waals surface area contributed by atoms with E-state index in [2.05, 4.69) is 50.2 Å². The van der Waals surface area contributed by atoms with Gasteiger partial charge in [0.05, 0.1) is 0 Å². The molecule has 0 aromatic heterocycles. The third-order valence-electron chi connectivity index (χ3n) is 4.31. The minimum absolute atomic E-state index is 0.194. The summed E-state index contributed by atoms with van der Waals surface area (Å²) in [6.45, 7) is 4.91. The van der Waals surface area contributed by atoms with Crippen molar-refractivity contribution in [3.05, 3.63) is 95.3 Å². The van der Waals surface area contributed by atoms with Gasteiger partial charge in [-0.25, -0.2) is 4.39 Å². The first-order valence-corrected chi connectivity index (χ1v) is 9.23. The van der Waals surface area contributed by atoms with Gasteiger partial charge in [-0.15, -0.1) is 0 Å². The van der Waals surface area contributed by atoms with Gasteiger partial charge < -0.3 is 5.73 Å². The van der Waals surface area contributed by atoms with Crippen LogP contribution in [-0.4, -0.2) is 0 Å². The summed E-state index contributed by atoms with van der Waals surface area (Å²) in [5.74, 6) is -0.194. The summed E-state index contributed by atoms with van der Waals surface area (Å²) in [4.78, 5) is 0. The van der Waals surface area contributed by atoms with Crippen molar-refractivity contribution < 1.29 is 4.39 Å². The fourth-order valence-corrected chi connectivity index (χ4v) is 2.61. The highest BCUT2D eigenvalue weighted by Gasteiger charge is 1.96.